The summed E-state index contributed by atoms with van der Waals surface area (Å²) in [5, 5.41) is 9.32. The van der Waals surface area contributed by atoms with Gasteiger partial charge >= 0.3 is 5.97 Å². The van der Waals surface area contributed by atoms with Gasteiger partial charge in [-0.1, -0.05) is 17.7 Å². The second-order valence-corrected chi connectivity index (χ2v) is 3.58. The molecule has 0 bridgehead atoms. The number of carbonyl (C=O) groups is 1. The number of aliphatic hydroxyl groups excluding tert-OH is 1. The van der Waals surface area contributed by atoms with Crippen LogP contribution in [0.4, 0.5) is 5.69 Å². The van der Waals surface area contributed by atoms with Gasteiger partial charge in [0.1, 0.15) is 11.3 Å². The molecular weight excluding hydrogens is 218 g/mol. The molecule has 0 aliphatic heterocycles. The first-order valence-corrected chi connectivity index (χ1v) is 5.13. The number of ether oxygens (including phenoxy) is 1. The number of hydrogen-bond acceptors (Lipinski definition) is 4. The Morgan fingerprint density at radius 1 is 1.35 bits per heavy atom. The number of allylic oxidation sites excluding steroid dienone is 1. The largest absolute Gasteiger partial charge is 0.512 e. The standard InChI is InChI=1S/C13H15NO3/c1-9-4-6-11(7-5-9)14-8-12(10(2)15)13(16)17-3/h4-8,15H,1-3H3. The number of aliphatic hydroxyl groups is 1. The molecule has 17 heavy (non-hydrogen) atoms. The third kappa shape index (κ3) is 3.75. The lowest BCUT2D eigenvalue weighted by atomic mass is 10.2. The van der Waals surface area contributed by atoms with Gasteiger partial charge in [-0.3, -0.25) is 4.99 Å². The number of methoxy groups -OCH3 is 1. The van der Waals surface area contributed by atoms with E-state index >= 15 is 0 Å². The van der Waals surface area contributed by atoms with Gasteiger partial charge in [0.25, 0.3) is 0 Å². The van der Waals surface area contributed by atoms with Crippen molar-refractivity contribution in [1.29, 1.82) is 0 Å². The molecule has 0 amide bonds. The molecule has 0 atom stereocenters. The van der Waals surface area contributed by atoms with Gasteiger partial charge in [-0.2, -0.15) is 0 Å². The summed E-state index contributed by atoms with van der Waals surface area (Å²) >= 11 is 0. The number of rotatable bonds is 3. The van der Waals surface area contributed by atoms with E-state index < -0.39 is 5.97 Å². The summed E-state index contributed by atoms with van der Waals surface area (Å²) in [5.74, 6) is -0.728. The molecular formula is C13H15NO3. The highest BCUT2D eigenvalue weighted by atomic mass is 16.5. The fourth-order valence-electron chi connectivity index (χ4n) is 1.17. The van der Waals surface area contributed by atoms with Crippen molar-refractivity contribution in [2.75, 3.05) is 7.11 Å². The second-order valence-electron chi connectivity index (χ2n) is 3.58. The van der Waals surface area contributed by atoms with Crippen LogP contribution in [0, 0.1) is 6.92 Å². The maximum Gasteiger partial charge on any atom is 0.342 e. The Morgan fingerprint density at radius 2 is 1.94 bits per heavy atom. The molecule has 0 unspecified atom stereocenters. The van der Waals surface area contributed by atoms with Crippen LogP contribution >= 0.6 is 0 Å². The summed E-state index contributed by atoms with van der Waals surface area (Å²) < 4.78 is 4.53. The van der Waals surface area contributed by atoms with E-state index in [0.29, 0.717) is 5.69 Å². The van der Waals surface area contributed by atoms with Crippen molar-refractivity contribution >= 4 is 17.9 Å². The average molecular weight is 233 g/mol. The minimum atomic E-state index is -0.610. The van der Waals surface area contributed by atoms with Crippen LogP contribution in [0.1, 0.15) is 12.5 Å². The number of carbonyl (C=O) groups excluding carboxylic acids is 1. The number of nitrogens with zero attached hydrogens (tertiary/aromatic N) is 1. The quantitative estimate of drug-likeness (QED) is 0.378. The molecule has 0 aromatic heterocycles. The van der Waals surface area contributed by atoms with Gasteiger partial charge in [-0.25, -0.2) is 4.79 Å². The van der Waals surface area contributed by atoms with Gasteiger partial charge in [-0.05, 0) is 26.0 Å². The first-order valence-electron chi connectivity index (χ1n) is 5.13. The Kier molecular flexibility index (Phi) is 4.46. The van der Waals surface area contributed by atoms with Gasteiger partial charge in [0.15, 0.2) is 0 Å². The number of aryl methyl sites for hydroxylation is 1. The first kappa shape index (κ1) is 13.0. The molecule has 1 aromatic carbocycles. The van der Waals surface area contributed by atoms with Crippen LogP contribution in [-0.4, -0.2) is 24.4 Å². The lowest BCUT2D eigenvalue weighted by Crippen LogP contribution is -2.08. The predicted molar refractivity (Wildman–Crippen MR) is 66.7 cm³/mol. The monoisotopic (exact) mass is 233 g/mol. The summed E-state index contributed by atoms with van der Waals surface area (Å²) in [6.45, 7) is 3.39. The van der Waals surface area contributed by atoms with Gasteiger partial charge in [0.2, 0.25) is 0 Å². The van der Waals surface area contributed by atoms with Crippen LogP contribution in [0.5, 0.6) is 0 Å². The summed E-state index contributed by atoms with van der Waals surface area (Å²) in [6, 6.07) is 7.49. The molecule has 0 heterocycles. The molecule has 0 radical (unpaired) electrons. The van der Waals surface area contributed by atoms with E-state index in [-0.39, 0.29) is 11.3 Å². The molecule has 0 saturated carbocycles. The summed E-state index contributed by atoms with van der Waals surface area (Å²) in [4.78, 5) is 15.4. The fraction of sp³-hybridized carbons (Fsp3) is 0.231. The number of benzene rings is 1. The molecule has 0 saturated heterocycles. The molecule has 0 spiro atoms. The topological polar surface area (TPSA) is 58.9 Å². The molecule has 1 aromatic rings. The van der Waals surface area contributed by atoms with Gasteiger partial charge in [0, 0.05) is 6.21 Å². The molecule has 0 fully saturated rings. The minimum absolute atomic E-state index is 0.0491. The van der Waals surface area contributed by atoms with Crippen molar-refractivity contribution in [3.8, 4) is 0 Å². The smallest absolute Gasteiger partial charge is 0.342 e. The third-order valence-electron chi connectivity index (χ3n) is 2.17. The zero-order valence-corrected chi connectivity index (χ0v) is 10.1. The summed E-state index contributed by atoms with van der Waals surface area (Å²) in [6.07, 6.45) is 1.30. The highest BCUT2D eigenvalue weighted by Gasteiger charge is 2.10. The van der Waals surface area contributed by atoms with Crippen LogP contribution in [-0.2, 0) is 9.53 Å². The zero-order valence-electron chi connectivity index (χ0n) is 10.1. The van der Waals surface area contributed by atoms with Crippen LogP contribution in [0.25, 0.3) is 0 Å². The highest BCUT2D eigenvalue weighted by Crippen LogP contribution is 2.13. The second kappa shape index (κ2) is 5.84. The molecule has 1 N–H and O–H groups in total. The maximum atomic E-state index is 11.3. The van der Waals surface area contributed by atoms with E-state index in [9.17, 15) is 9.90 Å². The van der Waals surface area contributed by atoms with Gasteiger partial charge < -0.3 is 9.84 Å². The fourth-order valence-corrected chi connectivity index (χ4v) is 1.17. The summed E-state index contributed by atoms with van der Waals surface area (Å²) in [5.41, 5.74) is 1.89. The van der Waals surface area contributed by atoms with Crippen LogP contribution in [0.2, 0.25) is 0 Å². The van der Waals surface area contributed by atoms with Gasteiger partial charge in [0.05, 0.1) is 12.8 Å². The van der Waals surface area contributed by atoms with Crippen molar-refractivity contribution in [3.05, 3.63) is 41.2 Å². The van der Waals surface area contributed by atoms with Gasteiger partial charge in [-0.15, -0.1) is 0 Å². The molecule has 4 nitrogen and oxygen atoms in total. The zero-order chi connectivity index (χ0) is 12.8. The first-order chi connectivity index (χ1) is 8.04. The number of aliphatic imine (C=N–C) groups is 1. The van der Waals surface area contributed by atoms with E-state index in [1.807, 2.05) is 31.2 Å². The van der Waals surface area contributed by atoms with Crippen LogP contribution in [0.15, 0.2) is 40.6 Å². The SMILES string of the molecule is COC(=O)C(C=Nc1ccc(C)cc1)=C(C)O. The third-order valence-corrected chi connectivity index (χ3v) is 2.17. The van der Waals surface area contributed by atoms with E-state index in [0.717, 1.165) is 5.56 Å². The number of esters is 1. The molecule has 0 aliphatic carbocycles. The molecule has 90 valence electrons. The number of hydrogen-bond donors (Lipinski definition) is 1. The van der Waals surface area contributed by atoms with E-state index in [2.05, 4.69) is 9.73 Å². The van der Waals surface area contributed by atoms with E-state index in [1.165, 1.54) is 20.2 Å². The predicted octanol–water partition coefficient (Wildman–Crippen LogP) is 2.70. The molecule has 1 rings (SSSR count). The van der Waals surface area contributed by atoms with Crippen molar-refractivity contribution in [3.63, 3.8) is 0 Å². The van der Waals surface area contributed by atoms with Crippen LogP contribution < -0.4 is 0 Å². The maximum absolute atomic E-state index is 11.3. The highest BCUT2D eigenvalue weighted by molar-refractivity contribution is 6.10. The Morgan fingerprint density at radius 3 is 2.41 bits per heavy atom. The van der Waals surface area contributed by atoms with Crippen molar-refractivity contribution in [1.82, 2.24) is 0 Å². The molecule has 0 aliphatic rings. The van der Waals surface area contributed by atoms with Crippen molar-refractivity contribution in [2.24, 2.45) is 4.99 Å². The minimum Gasteiger partial charge on any atom is -0.512 e. The lowest BCUT2D eigenvalue weighted by Gasteiger charge is -2.00. The van der Waals surface area contributed by atoms with E-state index in [1.54, 1.807) is 0 Å². The van der Waals surface area contributed by atoms with Crippen molar-refractivity contribution in [2.45, 2.75) is 13.8 Å². The summed E-state index contributed by atoms with van der Waals surface area (Å²) in [7, 11) is 1.25. The Balaban J connectivity index is 2.92. The lowest BCUT2D eigenvalue weighted by molar-refractivity contribution is -0.135. The average Bonchev–Trinajstić information content (AvgIpc) is 2.31. The Bertz CT molecular complexity index is 454. The Hall–Kier alpha value is -2.10. The Labute approximate surface area is 100 Å². The van der Waals surface area contributed by atoms with Crippen molar-refractivity contribution < 1.29 is 14.6 Å². The normalized spacial score (nSPS) is 12.4. The molecule has 4 heteroatoms. The van der Waals surface area contributed by atoms with E-state index in [4.69, 9.17) is 0 Å². The van der Waals surface area contributed by atoms with Crippen LogP contribution in [0.3, 0.4) is 0 Å².